The molecule has 0 saturated heterocycles. The summed E-state index contributed by atoms with van der Waals surface area (Å²) in [6, 6.07) is 0.439. The van der Waals surface area contributed by atoms with E-state index < -0.39 is 0 Å². The van der Waals surface area contributed by atoms with Gasteiger partial charge in [0.05, 0.1) is 11.1 Å². The maximum absolute atomic E-state index is 9.58. The molecule has 0 atom stereocenters. The molecule has 1 saturated carbocycles. The summed E-state index contributed by atoms with van der Waals surface area (Å²) in [6.45, 7) is 5.85. The number of aliphatic imine (C=N–C) groups is 1. The fourth-order valence-electron chi connectivity index (χ4n) is 2.83. The van der Waals surface area contributed by atoms with Crippen molar-refractivity contribution in [3.05, 3.63) is 16.1 Å². The first-order valence-electron chi connectivity index (χ1n) is 8.81. The largest absolute Gasteiger partial charge is 0.393 e. The van der Waals surface area contributed by atoms with Crippen LogP contribution < -0.4 is 10.6 Å². The molecule has 24 heavy (non-hydrogen) atoms. The number of aryl methyl sites for hydroxylation is 2. The predicted octanol–water partition coefficient (Wildman–Crippen LogP) is 3.25. The quantitative estimate of drug-likeness (QED) is 0.250. The van der Waals surface area contributed by atoms with Crippen molar-refractivity contribution in [1.29, 1.82) is 0 Å². The SMILES string of the molecule is CCNC(=NCCCCc1nc(C)cs1)NC1CCC(O)CC1.I. The van der Waals surface area contributed by atoms with Gasteiger partial charge < -0.3 is 15.7 Å². The van der Waals surface area contributed by atoms with Crippen LogP contribution in [0.15, 0.2) is 10.4 Å². The van der Waals surface area contributed by atoms with E-state index in [0.717, 1.165) is 69.7 Å². The van der Waals surface area contributed by atoms with Crippen molar-refractivity contribution in [2.45, 2.75) is 70.9 Å². The Morgan fingerprint density at radius 2 is 2.08 bits per heavy atom. The lowest BCUT2D eigenvalue weighted by Crippen LogP contribution is -2.45. The molecule has 0 aromatic carbocycles. The minimum Gasteiger partial charge on any atom is -0.393 e. The van der Waals surface area contributed by atoms with Crippen LogP contribution in [-0.4, -0.2) is 41.3 Å². The molecule has 3 N–H and O–H groups in total. The topological polar surface area (TPSA) is 69.5 Å². The van der Waals surface area contributed by atoms with E-state index in [1.807, 2.05) is 6.92 Å². The molecule has 1 fully saturated rings. The molecule has 0 bridgehead atoms. The number of nitrogens with one attached hydrogen (secondary N) is 2. The highest BCUT2D eigenvalue weighted by atomic mass is 127. The van der Waals surface area contributed by atoms with Gasteiger partial charge in [0.1, 0.15) is 0 Å². The van der Waals surface area contributed by atoms with Gasteiger partial charge in [-0.15, -0.1) is 35.3 Å². The van der Waals surface area contributed by atoms with Gasteiger partial charge in [-0.3, -0.25) is 4.99 Å². The second-order valence-electron chi connectivity index (χ2n) is 6.25. The van der Waals surface area contributed by atoms with Gasteiger partial charge in [0.15, 0.2) is 5.96 Å². The number of halogens is 1. The monoisotopic (exact) mass is 466 g/mol. The first kappa shape index (κ1) is 21.6. The molecular weight excluding hydrogens is 435 g/mol. The van der Waals surface area contributed by atoms with Gasteiger partial charge in [0, 0.05) is 30.2 Å². The molecule has 0 spiro atoms. The summed E-state index contributed by atoms with van der Waals surface area (Å²) in [6.07, 6.45) is 6.99. The average Bonchev–Trinajstić information content (AvgIpc) is 2.95. The molecule has 1 aliphatic carbocycles. The third-order valence-electron chi connectivity index (χ3n) is 4.12. The molecule has 1 aromatic rings. The molecule has 1 aromatic heterocycles. The highest BCUT2D eigenvalue weighted by Gasteiger charge is 2.19. The highest BCUT2D eigenvalue weighted by molar-refractivity contribution is 14.0. The zero-order chi connectivity index (χ0) is 16.5. The number of unbranched alkanes of at least 4 members (excludes halogenated alkanes) is 1. The summed E-state index contributed by atoms with van der Waals surface area (Å²) in [7, 11) is 0. The lowest BCUT2D eigenvalue weighted by molar-refractivity contribution is 0.120. The Morgan fingerprint density at radius 1 is 1.33 bits per heavy atom. The van der Waals surface area contributed by atoms with E-state index in [1.54, 1.807) is 11.3 Å². The zero-order valence-corrected chi connectivity index (χ0v) is 17.9. The smallest absolute Gasteiger partial charge is 0.191 e. The van der Waals surface area contributed by atoms with Crippen molar-refractivity contribution in [1.82, 2.24) is 15.6 Å². The average molecular weight is 466 g/mol. The minimum absolute atomic E-state index is 0. The fraction of sp³-hybridized carbons (Fsp3) is 0.765. The van der Waals surface area contributed by atoms with Crippen molar-refractivity contribution < 1.29 is 5.11 Å². The first-order valence-corrected chi connectivity index (χ1v) is 9.69. The van der Waals surface area contributed by atoms with Gasteiger partial charge >= 0.3 is 0 Å². The summed E-state index contributed by atoms with van der Waals surface area (Å²) in [5.74, 6) is 0.916. The molecule has 0 amide bonds. The Bertz CT molecular complexity index is 487. The zero-order valence-electron chi connectivity index (χ0n) is 14.8. The number of thiazole rings is 1. The maximum atomic E-state index is 9.58. The molecular formula is C17H31IN4OS. The van der Waals surface area contributed by atoms with Gasteiger partial charge in [0.2, 0.25) is 0 Å². The van der Waals surface area contributed by atoms with Gasteiger partial charge in [0.25, 0.3) is 0 Å². The number of aliphatic hydroxyl groups is 1. The minimum atomic E-state index is -0.109. The van der Waals surface area contributed by atoms with Crippen LogP contribution in [0.2, 0.25) is 0 Å². The second-order valence-corrected chi connectivity index (χ2v) is 7.19. The molecule has 1 aliphatic rings. The summed E-state index contributed by atoms with van der Waals surface area (Å²) < 4.78 is 0. The molecule has 0 unspecified atom stereocenters. The lowest BCUT2D eigenvalue weighted by Gasteiger charge is -2.27. The Hall–Kier alpha value is -0.410. The molecule has 1 heterocycles. The summed E-state index contributed by atoms with van der Waals surface area (Å²) in [5.41, 5.74) is 1.12. The number of hydrogen-bond acceptors (Lipinski definition) is 4. The Kier molecular flexibility index (Phi) is 10.8. The van der Waals surface area contributed by atoms with Crippen LogP contribution in [-0.2, 0) is 6.42 Å². The van der Waals surface area contributed by atoms with E-state index in [9.17, 15) is 5.11 Å². The van der Waals surface area contributed by atoms with Crippen molar-refractivity contribution in [3.8, 4) is 0 Å². The molecule has 138 valence electrons. The lowest BCUT2D eigenvalue weighted by atomic mass is 9.93. The van der Waals surface area contributed by atoms with Crippen LogP contribution in [0.5, 0.6) is 0 Å². The third kappa shape index (κ3) is 8.11. The highest BCUT2D eigenvalue weighted by Crippen LogP contribution is 2.18. The molecule has 5 nitrogen and oxygen atoms in total. The number of rotatable bonds is 7. The Labute approximate surface area is 166 Å². The van der Waals surface area contributed by atoms with E-state index in [2.05, 4.69) is 32.9 Å². The van der Waals surface area contributed by atoms with Gasteiger partial charge in [-0.05, 0) is 58.8 Å². The number of hydrogen-bond donors (Lipinski definition) is 3. The number of aliphatic hydroxyl groups excluding tert-OH is 1. The number of guanidine groups is 1. The van der Waals surface area contributed by atoms with E-state index in [4.69, 9.17) is 0 Å². The Morgan fingerprint density at radius 3 is 2.71 bits per heavy atom. The van der Waals surface area contributed by atoms with Crippen LogP contribution in [0.25, 0.3) is 0 Å². The van der Waals surface area contributed by atoms with E-state index in [0.29, 0.717) is 6.04 Å². The first-order chi connectivity index (χ1) is 11.2. The predicted molar refractivity (Wildman–Crippen MR) is 113 cm³/mol. The Balaban J connectivity index is 0.00000288. The standard InChI is InChI=1S/C17H30N4OS.HI/c1-3-18-17(21-14-7-9-15(22)10-8-14)19-11-5-4-6-16-20-13(2)12-23-16;/h12,14-15,22H,3-11H2,1-2H3,(H2,18,19,21);1H. The summed E-state index contributed by atoms with van der Waals surface area (Å²) >= 11 is 1.75. The van der Waals surface area contributed by atoms with Crippen LogP contribution in [0.3, 0.4) is 0 Å². The molecule has 2 rings (SSSR count). The fourth-order valence-corrected chi connectivity index (χ4v) is 3.65. The number of aromatic nitrogens is 1. The summed E-state index contributed by atoms with van der Waals surface area (Å²) in [5, 5.41) is 19.8. The second kappa shape index (κ2) is 12.0. The van der Waals surface area contributed by atoms with Gasteiger partial charge in [-0.2, -0.15) is 0 Å². The van der Waals surface area contributed by atoms with E-state index in [1.165, 1.54) is 5.01 Å². The van der Waals surface area contributed by atoms with Crippen LogP contribution >= 0.6 is 35.3 Å². The summed E-state index contributed by atoms with van der Waals surface area (Å²) in [4.78, 5) is 9.17. The molecule has 7 heteroatoms. The van der Waals surface area contributed by atoms with Crippen molar-refractivity contribution in [2.75, 3.05) is 13.1 Å². The molecule has 0 aliphatic heterocycles. The van der Waals surface area contributed by atoms with Crippen LogP contribution in [0, 0.1) is 6.92 Å². The van der Waals surface area contributed by atoms with E-state index in [-0.39, 0.29) is 30.1 Å². The van der Waals surface area contributed by atoms with Gasteiger partial charge in [-0.25, -0.2) is 4.98 Å². The number of nitrogens with zero attached hydrogens (tertiary/aromatic N) is 2. The van der Waals surface area contributed by atoms with Crippen LogP contribution in [0.1, 0.15) is 56.2 Å². The van der Waals surface area contributed by atoms with Crippen LogP contribution in [0.4, 0.5) is 0 Å². The van der Waals surface area contributed by atoms with Gasteiger partial charge in [-0.1, -0.05) is 0 Å². The molecule has 0 radical (unpaired) electrons. The van der Waals surface area contributed by atoms with Crippen molar-refractivity contribution >= 4 is 41.3 Å². The maximum Gasteiger partial charge on any atom is 0.191 e. The third-order valence-corrected chi connectivity index (χ3v) is 5.14. The van der Waals surface area contributed by atoms with Crippen molar-refractivity contribution in [3.63, 3.8) is 0 Å². The van der Waals surface area contributed by atoms with Crippen molar-refractivity contribution in [2.24, 2.45) is 4.99 Å². The normalized spacial score (nSPS) is 21.2. The van der Waals surface area contributed by atoms with E-state index >= 15 is 0 Å².